The molecule has 58 heavy (non-hydrogen) atoms. The molecule has 0 bridgehead atoms. The van der Waals surface area contributed by atoms with Gasteiger partial charge in [0.05, 0.1) is 24.9 Å². The average Bonchev–Trinajstić information content (AvgIpc) is 3.90. The summed E-state index contributed by atoms with van der Waals surface area (Å²) in [5, 5.41) is 6.63. The van der Waals surface area contributed by atoms with Gasteiger partial charge < -0.3 is 4.57 Å². The van der Waals surface area contributed by atoms with E-state index in [4.69, 9.17) is 20.4 Å². The highest BCUT2D eigenvalue weighted by Crippen LogP contribution is 2.46. The lowest BCUT2D eigenvalue weighted by molar-refractivity contribution is 1.08. The summed E-state index contributed by atoms with van der Waals surface area (Å²) in [6.07, 6.45) is 0. The molecule has 0 aliphatic heterocycles. The van der Waals surface area contributed by atoms with Crippen LogP contribution in [0.1, 0.15) is 8.22 Å². The SMILES string of the molecule is [2H]c1cc([2H])c2c(c1[2H])c1c([2H])c([2H])cc([2H])c1n2-c1cccc(-c2nc(-c3cccc4ccccc34)nc(-c3cccc4ccccc34)n2)c1-c1cccc2c1sc1ccccc12. The van der Waals surface area contributed by atoms with Crippen LogP contribution in [0.2, 0.25) is 0 Å². The van der Waals surface area contributed by atoms with Crippen molar-refractivity contribution < 1.29 is 8.22 Å². The Morgan fingerprint density at radius 1 is 0.397 bits per heavy atom. The van der Waals surface area contributed by atoms with Crippen LogP contribution in [0.15, 0.2) is 194 Å². The summed E-state index contributed by atoms with van der Waals surface area (Å²) in [6.45, 7) is 0. The molecule has 0 N–H and O–H groups in total. The van der Waals surface area contributed by atoms with Crippen LogP contribution in [-0.4, -0.2) is 19.5 Å². The van der Waals surface area contributed by atoms with Crippen LogP contribution < -0.4 is 0 Å². The smallest absolute Gasteiger partial charge is 0.164 e. The minimum atomic E-state index is -0.172. The Labute approximate surface area is 346 Å². The Kier molecular flexibility index (Phi) is 6.12. The van der Waals surface area contributed by atoms with E-state index in [1.807, 2.05) is 84.9 Å². The molecule has 12 aromatic rings. The zero-order valence-electron chi connectivity index (χ0n) is 36.7. The molecule has 0 aliphatic carbocycles. The van der Waals surface area contributed by atoms with Crippen LogP contribution in [-0.2, 0) is 0 Å². The molecular weight excluding hydrogens is 725 g/mol. The van der Waals surface area contributed by atoms with Gasteiger partial charge in [0.1, 0.15) is 0 Å². The molecule has 3 aromatic heterocycles. The van der Waals surface area contributed by atoms with Gasteiger partial charge in [0.2, 0.25) is 0 Å². The van der Waals surface area contributed by atoms with Crippen molar-refractivity contribution in [3.05, 3.63) is 194 Å². The van der Waals surface area contributed by atoms with E-state index in [9.17, 15) is 2.74 Å². The van der Waals surface area contributed by atoms with Gasteiger partial charge in [0.25, 0.3) is 0 Å². The fourth-order valence-corrected chi connectivity index (χ4v) is 9.70. The number of fused-ring (bicyclic) bond motifs is 8. The molecular formula is C53H32N4S. The van der Waals surface area contributed by atoms with E-state index in [0.29, 0.717) is 34.3 Å². The fraction of sp³-hybridized carbons (Fsp3) is 0. The van der Waals surface area contributed by atoms with Gasteiger partial charge in [-0.25, -0.2) is 15.0 Å². The number of hydrogen-bond donors (Lipinski definition) is 0. The minimum Gasteiger partial charge on any atom is -0.309 e. The summed E-state index contributed by atoms with van der Waals surface area (Å²) in [6, 6.07) is 50.9. The van der Waals surface area contributed by atoms with Crippen LogP contribution in [0.5, 0.6) is 0 Å². The number of para-hydroxylation sites is 2. The molecule has 0 spiro atoms. The number of rotatable bonds is 5. The summed E-state index contributed by atoms with van der Waals surface area (Å²) < 4.78 is 58.3. The molecule has 0 amide bonds. The molecule has 4 nitrogen and oxygen atoms in total. The van der Waals surface area contributed by atoms with Gasteiger partial charge in [-0.3, -0.25) is 0 Å². The quantitative estimate of drug-likeness (QED) is 0.175. The van der Waals surface area contributed by atoms with Crippen molar-refractivity contribution in [3.63, 3.8) is 0 Å². The van der Waals surface area contributed by atoms with Crippen molar-refractivity contribution in [3.8, 4) is 51.0 Å². The van der Waals surface area contributed by atoms with E-state index in [2.05, 4.69) is 60.7 Å². The number of thiophene rings is 1. The number of benzene rings is 9. The second-order valence-electron chi connectivity index (χ2n) is 14.2. The van der Waals surface area contributed by atoms with E-state index in [-0.39, 0.29) is 58.1 Å². The zero-order valence-corrected chi connectivity index (χ0v) is 31.5. The van der Waals surface area contributed by atoms with Crippen LogP contribution in [0.3, 0.4) is 0 Å². The molecule has 0 aliphatic rings. The van der Waals surface area contributed by atoms with Gasteiger partial charge in [-0.2, -0.15) is 0 Å². The Balaban J connectivity index is 1.26. The van der Waals surface area contributed by atoms with E-state index in [0.717, 1.165) is 58.4 Å². The van der Waals surface area contributed by atoms with Crippen molar-refractivity contribution in [1.82, 2.24) is 19.5 Å². The molecule has 270 valence electrons. The molecule has 0 radical (unpaired) electrons. The van der Waals surface area contributed by atoms with Crippen molar-refractivity contribution in [2.45, 2.75) is 0 Å². The van der Waals surface area contributed by atoms with Crippen LogP contribution in [0.25, 0.3) is 115 Å². The Bertz CT molecular complexity index is 3770. The first-order chi connectivity index (χ1) is 31.2. The predicted molar refractivity (Wildman–Crippen MR) is 244 cm³/mol. The molecule has 5 heteroatoms. The van der Waals surface area contributed by atoms with Crippen molar-refractivity contribution in [2.24, 2.45) is 0 Å². The number of nitrogens with zero attached hydrogens (tertiary/aromatic N) is 4. The van der Waals surface area contributed by atoms with Crippen molar-refractivity contribution in [1.29, 1.82) is 0 Å². The summed E-state index contributed by atoms with van der Waals surface area (Å²) in [4.78, 5) is 16.0. The second-order valence-corrected chi connectivity index (χ2v) is 15.3. The Morgan fingerprint density at radius 3 is 1.53 bits per heavy atom. The van der Waals surface area contributed by atoms with Crippen LogP contribution in [0.4, 0.5) is 0 Å². The second kappa shape index (κ2) is 13.1. The fourth-order valence-electron chi connectivity index (χ4n) is 8.47. The molecule has 0 unspecified atom stereocenters. The summed E-state index contributed by atoms with van der Waals surface area (Å²) in [5.74, 6) is 1.38. The number of hydrogen-bond acceptors (Lipinski definition) is 4. The van der Waals surface area contributed by atoms with Crippen LogP contribution >= 0.6 is 11.3 Å². The predicted octanol–water partition coefficient (Wildman–Crippen LogP) is 14.3. The molecule has 0 fully saturated rings. The third-order valence-corrected chi connectivity index (χ3v) is 12.2. The molecule has 0 saturated heterocycles. The van der Waals surface area contributed by atoms with Crippen LogP contribution in [0, 0.1) is 0 Å². The number of aromatic nitrogens is 4. The van der Waals surface area contributed by atoms with Gasteiger partial charge in [-0.15, -0.1) is 11.3 Å². The summed E-state index contributed by atoms with van der Waals surface area (Å²) in [7, 11) is 0. The van der Waals surface area contributed by atoms with Gasteiger partial charge >= 0.3 is 0 Å². The first-order valence-corrected chi connectivity index (χ1v) is 19.9. The lowest BCUT2D eigenvalue weighted by Gasteiger charge is -2.19. The van der Waals surface area contributed by atoms with Gasteiger partial charge in [-0.1, -0.05) is 170 Å². The standard InChI is InChI=1S/C53H32N4S/c1-3-19-35-33(15-1)17-11-25-41(35)51-54-52(42-26-12-18-34-16-2-4-20-36(34)42)56-53(55-51)44-28-14-31-47(57-45-29-8-5-21-37(45)38-22-6-9-30-46(38)57)49(44)43-27-13-24-40-39-23-7-10-32-48(39)58-50(40)43/h1-32H/i5D,6D,21D,22D,29D,30D. The highest BCUT2D eigenvalue weighted by atomic mass is 32.1. The Morgan fingerprint density at radius 2 is 0.879 bits per heavy atom. The van der Waals surface area contributed by atoms with Gasteiger partial charge in [-0.05, 0) is 45.8 Å². The monoisotopic (exact) mass is 762 g/mol. The third-order valence-electron chi connectivity index (χ3n) is 11.0. The highest BCUT2D eigenvalue weighted by Gasteiger charge is 2.24. The molecule has 12 rings (SSSR count). The van der Waals surface area contributed by atoms with Crippen molar-refractivity contribution in [2.75, 3.05) is 0 Å². The highest BCUT2D eigenvalue weighted by molar-refractivity contribution is 7.26. The maximum absolute atomic E-state index is 9.37. The molecule has 3 heterocycles. The molecule has 0 atom stereocenters. The van der Waals surface area contributed by atoms with Gasteiger partial charge in [0.15, 0.2) is 17.5 Å². The summed E-state index contributed by atoms with van der Waals surface area (Å²) >= 11 is 1.67. The zero-order chi connectivity index (χ0) is 43.4. The van der Waals surface area contributed by atoms with Crippen molar-refractivity contribution >= 4 is 74.9 Å². The lowest BCUT2D eigenvalue weighted by atomic mass is 9.95. The first-order valence-electron chi connectivity index (χ1n) is 22.0. The third kappa shape index (κ3) is 5.04. The average molecular weight is 763 g/mol. The first kappa shape index (κ1) is 27.2. The van der Waals surface area contributed by atoms with Gasteiger partial charge in [0, 0.05) is 58.8 Å². The van der Waals surface area contributed by atoms with E-state index >= 15 is 0 Å². The largest absolute Gasteiger partial charge is 0.309 e. The molecule has 0 saturated carbocycles. The van der Waals surface area contributed by atoms with E-state index in [1.54, 1.807) is 15.9 Å². The summed E-state index contributed by atoms with van der Waals surface area (Å²) in [5.41, 5.74) is 5.03. The maximum atomic E-state index is 9.37. The molecule has 9 aromatic carbocycles. The maximum Gasteiger partial charge on any atom is 0.164 e. The minimum absolute atomic E-state index is 0.0365. The lowest BCUT2D eigenvalue weighted by Crippen LogP contribution is -2.04. The topological polar surface area (TPSA) is 43.6 Å². The normalized spacial score (nSPS) is 13.2. The van der Waals surface area contributed by atoms with E-state index < -0.39 is 0 Å². The Hall–Kier alpha value is -7.47. The van der Waals surface area contributed by atoms with E-state index in [1.165, 1.54) is 12.1 Å².